The molecule has 0 radical (unpaired) electrons. The molecule has 1 aromatic heterocycles. The van der Waals surface area contributed by atoms with Gasteiger partial charge in [-0.2, -0.15) is 4.98 Å². The van der Waals surface area contributed by atoms with Crippen LogP contribution in [-0.2, 0) is 4.79 Å². The van der Waals surface area contributed by atoms with Crippen molar-refractivity contribution in [1.82, 2.24) is 10.1 Å². The van der Waals surface area contributed by atoms with Crippen LogP contribution in [0, 0.1) is 12.8 Å². The van der Waals surface area contributed by atoms with Gasteiger partial charge in [-0.1, -0.05) is 31.1 Å². The van der Waals surface area contributed by atoms with E-state index in [0.29, 0.717) is 17.4 Å². The molecule has 1 N–H and O–H groups in total. The lowest BCUT2D eigenvalue weighted by atomic mass is 10.1. The standard InChI is InChI=1S/C13H15N3O2/c1-8(2)12(17)15-11-7-5-4-6-10(11)13-14-9(3)16-18-13/h4-8H,1-3H3,(H,15,17). The van der Waals surface area contributed by atoms with Crippen molar-refractivity contribution in [3.63, 3.8) is 0 Å². The molecule has 1 amide bonds. The van der Waals surface area contributed by atoms with Gasteiger partial charge < -0.3 is 9.84 Å². The Kier molecular flexibility index (Phi) is 3.41. The molecule has 0 aliphatic carbocycles. The van der Waals surface area contributed by atoms with E-state index in [1.54, 1.807) is 6.92 Å². The molecule has 1 heterocycles. The van der Waals surface area contributed by atoms with E-state index in [1.165, 1.54) is 0 Å². The van der Waals surface area contributed by atoms with Crippen molar-refractivity contribution in [2.24, 2.45) is 5.92 Å². The highest BCUT2D eigenvalue weighted by molar-refractivity contribution is 5.95. The molecule has 0 saturated heterocycles. The molecule has 0 bridgehead atoms. The maximum atomic E-state index is 11.7. The molecule has 0 spiro atoms. The van der Waals surface area contributed by atoms with E-state index in [2.05, 4.69) is 15.5 Å². The summed E-state index contributed by atoms with van der Waals surface area (Å²) in [6.45, 7) is 5.44. The van der Waals surface area contributed by atoms with Gasteiger partial charge in [-0.15, -0.1) is 0 Å². The summed E-state index contributed by atoms with van der Waals surface area (Å²) in [6, 6.07) is 7.36. The zero-order chi connectivity index (χ0) is 13.1. The number of nitrogens with zero attached hydrogens (tertiary/aromatic N) is 2. The Labute approximate surface area is 105 Å². The minimum atomic E-state index is -0.0810. The summed E-state index contributed by atoms with van der Waals surface area (Å²) < 4.78 is 5.12. The number of benzene rings is 1. The molecule has 18 heavy (non-hydrogen) atoms. The van der Waals surface area contributed by atoms with Crippen LogP contribution in [0.4, 0.5) is 5.69 Å². The summed E-state index contributed by atoms with van der Waals surface area (Å²) in [5.74, 6) is 0.850. The molecule has 0 fully saturated rings. The number of aryl methyl sites for hydroxylation is 1. The summed E-state index contributed by atoms with van der Waals surface area (Å²) in [4.78, 5) is 15.9. The number of rotatable bonds is 3. The minimum absolute atomic E-state index is 0.0429. The molecule has 0 saturated carbocycles. The normalized spacial score (nSPS) is 10.7. The van der Waals surface area contributed by atoms with Crippen molar-refractivity contribution >= 4 is 11.6 Å². The van der Waals surface area contributed by atoms with Gasteiger partial charge >= 0.3 is 0 Å². The molecule has 0 atom stereocenters. The molecular formula is C13H15N3O2. The quantitative estimate of drug-likeness (QED) is 0.902. The Morgan fingerprint density at radius 2 is 2.06 bits per heavy atom. The van der Waals surface area contributed by atoms with Gasteiger partial charge in [-0.05, 0) is 19.1 Å². The first-order valence-electron chi connectivity index (χ1n) is 5.78. The molecular weight excluding hydrogens is 230 g/mol. The first-order valence-corrected chi connectivity index (χ1v) is 5.78. The lowest BCUT2D eigenvalue weighted by Gasteiger charge is -2.10. The van der Waals surface area contributed by atoms with Crippen molar-refractivity contribution < 1.29 is 9.32 Å². The lowest BCUT2D eigenvalue weighted by Crippen LogP contribution is -2.18. The van der Waals surface area contributed by atoms with Crippen molar-refractivity contribution in [1.29, 1.82) is 0 Å². The fourth-order valence-corrected chi connectivity index (χ4v) is 1.46. The van der Waals surface area contributed by atoms with E-state index in [0.717, 1.165) is 5.56 Å². The second-order valence-electron chi connectivity index (χ2n) is 4.34. The first-order chi connectivity index (χ1) is 8.58. The van der Waals surface area contributed by atoms with Gasteiger partial charge in [0.05, 0.1) is 11.3 Å². The Morgan fingerprint density at radius 1 is 1.33 bits per heavy atom. The van der Waals surface area contributed by atoms with Crippen LogP contribution in [0.25, 0.3) is 11.5 Å². The van der Waals surface area contributed by atoms with Gasteiger partial charge in [0.25, 0.3) is 5.89 Å². The molecule has 5 heteroatoms. The third kappa shape index (κ3) is 2.56. The summed E-state index contributed by atoms with van der Waals surface area (Å²) in [7, 11) is 0. The Morgan fingerprint density at radius 3 is 2.67 bits per heavy atom. The highest BCUT2D eigenvalue weighted by atomic mass is 16.5. The zero-order valence-electron chi connectivity index (χ0n) is 10.6. The average Bonchev–Trinajstić information content (AvgIpc) is 2.76. The van der Waals surface area contributed by atoms with Crippen LogP contribution >= 0.6 is 0 Å². The van der Waals surface area contributed by atoms with Gasteiger partial charge in [0.1, 0.15) is 0 Å². The van der Waals surface area contributed by atoms with E-state index in [9.17, 15) is 4.79 Å². The number of anilines is 1. The largest absolute Gasteiger partial charge is 0.334 e. The number of carbonyl (C=O) groups is 1. The topological polar surface area (TPSA) is 68.0 Å². The highest BCUT2D eigenvalue weighted by Crippen LogP contribution is 2.26. The van der Waals surface area contributed by atoms with E-state index >= 15 is 0 Å². The summed E-state index contributed by atoms with van der Waals surface area (Å²) in [5.41, 5.74) is 1.41. The highest BCUT2D eigenvalue weighted by Gasteiger charge is 2.14. The SMILES string of the molecule is Cc1noc(-c2ccccc2NC(=O)C(C)C)n1. The molecule has 5 nitrogen and oxygen atoms in total. The number of amides is 1. The Bertz CT molecular complexity index is 561. The lowest BCUT2D eigenvalue weighted by molar-refractivity contribution is -0.118. The molecule has 0 unspecified atom stereocenters. The van der Waals surface area contributed by atoms with E-state index < -0.39 is 0 Å². The summed E-state index contributed by atoms with van der Waals surface area (Å²) in [5, 5.41) is 6.60. The number of para-hydroxylation sites is 1. The summed E-state index contributed by atoms with van der Waals surface area (Å²) >= 11 is 0. The smallest absolute Gasteiger partial charge is 0.260 e. The van der Waals surface area contributed by atoms with Crippen LogP contribution in [0.15, 0.2) is 28.8 Å². The second kappa shape index (κ2) is 5.00. The number of carbonyl (C=O) groups excluding carboxylic acids is 1. The first kappa shape index (κ1) is 12.3. The third-order valence-corrected chi connectivity index (χ3v) is 2.47. The van der Waals surface area contributed by atoms with Gasteiger partial charge in [-0.3, -0.25) is 4.79 Å². The van der Waals surface area contributed by atoms with Crippen molar-refractivity contribution in [2.45, 2.75) is 20.8 Å². The predicted octanol–water partition coefficient (Wildman–Crippen LogP) is 2.64. The van der Waals surface area contributed by atoms with Crippen LogP contribution in [0.5, 0.6) is 0 Å². The third-order valence-electron chi connectivity index (χ3n) is 2.47. The van der Waals surface area contributed by atoms with Gasteiger partial charge in [0, 0.05) is 5.92 Å². The fourth-order valence-electron chi connectivity index (χ4n) is 1.46. The Hall–Kier alpha value is -2.17. The number of nitrogens with one attached hydrogen (secondary N) is 1. The van der Waals surface area contributed by atoms with Gasteiger partial charge in [-0.25, -0.2) is 0 Å². The maximum Gasteiger partial charge on any atom is 0.260 e. The van der Waals surface area contributed by atoms with E-state index in [4.69, 9.17) is 4.52 Å². The zero-order valence-corrected chi connectivity index (χ0v) is 10.6. The molecule has 2 rings (SSSR count). The molecule has 0 aliphatic heterocycles. The fraction of sp³-hybridized carbons (Fsp3) is 0.308. The van der Waals surface area contributed by atoms with Crippen LogP contribution < -0.4 is 5.32 Å². The van der Waals surface area contributed by atoms with E-state index in [1.807, 2.05) is 38.1 Å². The molecule has 1 aromatic carbocycles. The molecule has 0 aliphatic rings. The van der Waals surface area contributed by atoms with Gasteiger partial charge in [0.2, 0.25) is 5.91 Å². The molecule has 2 aromatic rings. The number of hydrogen-bond acceptors (Lipinski definition) is 4. The average molecular weight is 245 g/mol. The van der Waals surface area contributed by atoms with Crippen molar-refractivity contribution in [3.05, 3.63) is 30.1 Å². The van der Waals surface area contributed by atoms with Crippen molar-refractivity contribution in [3.8, 4) is 11.5 Å². The monoisotopic (exact) mass is 245 g/mol. The van der Waals surface area contributed by atoms with Crippen LogP contribution in [0.2, 0.25) is 0 Å². The van der Waals surface area contributed by atoms with Gasteiger partial charge in [0.15, 0.2) is 5.82 Å². The van der Waals surface area contributed by atoms with Crippen molar-refractivity contribution in [2.75, 3.05) is 5.32 Å². The van der Waals surface area contributed by atoms with Crippen LogP contribution in [0.3, 0.4) is 0 Å². The Balaban J connectivity index is 2.34. The van der Waals surface area contributed by atoms with E-state index in [-0.39, 0.29) is 11.8 Å². The summed E-state index contributed by atoms with van der Waals surface area (Å²) in [6.07, 6.45) is 0. The number of hydrogen-bond donors (Lipinski definition) is 1. The maximum absolute atomic E-state index is 11.7. The molecule has 94 valence electrons. The van der Waals surface area contributed by atoms with Crippen LogP contribution in [0.1, 0.15) is 19.7 Å². The second-order valence-corrected chi connectivity index (χ2v) is 4.34. The van der Waals surface area contributed by atoms with Crippen LogP contribution in [-0.4, -0.2) is 16.0 Å². The minimum Gasteiger partial charge on any atom is -0.334 e. The number of aromatic nitrogens is 2. The predicted molar refractivity (Wildman–Crippen MR) is 67.9 cm³/mol.